The fourth-order valence-corrected chi connectivity index (χ4v) is 3.24. The van der Waals surface area contributed by atoms with Crippen molar-refractivity contribution in [2.45, 2.75) is 6.54 Å². The molecule has 0 saturated carbocycles. The van der Waals surface area contributed by atoms with E-state index in [4.69, 9.17) is 0 Å². The molecule has 1 amide bonds. The first-order chi connectivity index (χ1) is 12.7. The van der Waals surface area contributed by atoms with Crippen LogP contribution in [0.3, 0.4) is 0 Å². The molecule has 7 nitrogen and oxygen atoms in total. The molecular weight excluding hydrogens is 330 g/mol. The maximum Gasteiger partial charge on any atom is 0.274 e. The van der Waals surface area contributed by atoms with Crippen LogP contribution in [0, 0.1) is 0 Å². The smallest absolute Gasteiger partial charge is 0.274 e. The zero-order valence-electron chi connectivity index (χ0n) is 14.3. The number of carbonyl (C=O) groups is 1. The summed E-state index contributed by atoms with van der Waals surface area (Å²) in [6.07, 6.45) is 3.35. The number of aromatic amines is 1. The number of hydrogen-bond donors (Lipinski definition) is 0. The fraction of sp³-hybridized carbons (Fsp3) is 0.263. The Labute approximate surface area is 150 Å². The number of piperazine rings is 1. The van der Waals surface area contributed by atoms with Gasteiger partial charge >= 0.3 is 0 Å². The van der Waals surface area contributed by atoms with Crippen LogP contribution in [0.4, 0.5) is 5.82 Å². The number of fused-ring (bicyclic) bond motifs is 1. The van der Waals surface area contributed by atoms with Crippen LogP contribution in [0.15, 0.2) is 59.8 Å². The monoisotopic (exact) mass is 350 g/mol. The second kappa shape index (κ2) is 6.95. The van der Waals surface area contributed by atoms with Crippen LogP contribution in [0.2, 0.25) is 0 Å². The lowest BCUT2D eigenvalue weighted by Crippen LogP contribution is -2.51. The lowest BCUT2D eigenvalue weighted by atomic mass is 10.2. The molecule has 132 valence electrons. The Morgan fingerprint density at radius 2 is 1.81 bits per heavy atom. The highest BCUT2D eigenvalue weighted by Crippen LogP contribution is 2.10. The Morgan fingerprint density at radius 3 is 2.58 bits per heavy atom. The lowest BCUT2D eigenvalue weighted by Gasteiger charge is -2.31. The molecule has 2 aromatic heterocycles. The van der Waals surface area contributed by atoms with Gasteiger partial charge in [0.15, 0.2) is 0 Å². The molecule has 4 rings (SSSR count). The van der Waals surface area contributed by atoms with Crippen molar-refractivity contribution in [1.29, 1.82) is 0 Å². The highest BCUT2D eigenvalue weighted by Gasteiger charge is 2.26. The topological polar surface area (TPSA) is 72.6 Å². The zero-order valence-corrected chi connectivity index (χ0v) is 14.3. The standard InChI is InChI=1S/C19H19N5O2/c25-18(13-24-14-21-16-6-2-1-5-15(16)19(24)26)23-11-9-22(10-12-23)17-7-3-4-8-20-17/h1-8,14H,9-13H2/p+1. The van der Waals surface area contributed by atoms with Gasteiger partial charge in [0, 0.05) is 6.07 Å². The lowest BCUT2D eigenvalue weighted by molar-refractivity contribution is -0.364. The summed E-state index contributed by atoms with van der Waals surface area (Å²) < 4.78 is 1.39. The molecule has 3 aromatic rings. The van der Waals surface area contributed by atoms with Crippen molar-refractivity contribution in [3.8, 4) is 0 Å². The van der Waals surface area contributed by atoms with E-state index in [1.54, 1.807) is 23.1 Å². The average Bonchev–Trinajstić information content (AvgIpc) is 2.71. The SMILES string of the molecule is O=C(Cn1cnc2ccccc2c1=O)N1CCN(c2cccc[nH+]2)CC1. The van der Waals surface area contributed by atoms with E-state index in [1.165, 1.54) is 10.9 Å². The summed E-state index contributed by atoms with van der Waals surface area (Å²) in [5.74, 6) is 0.996. The first kappa shape index (κ1) is 16.3. The van der Waals surface area contributed by atoms with Crippen molar-refractivity contribution in [2.75, 3.05) is 31.1 Å². The molecule has 1 saturated heterocycles. The summed E-state index contributed by atoms with van der Waals surface area (Å²) in [7, 11) is 0. The number of rotatable bonds is 3. The van der Waals surface area contributed by atoms with Gasteiger partial charge in [0.2, 0.25) is 5.91 Å². The van der Waals surface area contributed by atoms with Crippen molar-refractivity contribution in [2.24, 2.45) is 0 Å². The summed E-state index contributed by atoms with van der Waals surface area (Å²) >= 11 is 0. The molecular formula is C19H20N5O2+. The van der Waals surface area contributed by atoms with Crippen molar-refractivity contribution >= 4 is 22.6 Å². The number of nitrogens with zero attached hydrogens (tertiary/aromatic N) is 4. The van der Waals surface area contributed by atoms with Gasteiger partial charge < -0.3 is 4.90 Å². The molecule has 1 fully saturated rings. The highest BCUT2D eigenvalue weighted by atomic mass is 16.2. The molecule has 3 heterocycles. The number of benzene rings is 1. The second-order valence-corrected chi connectivity index (χ2v) is 6.31. The fourth-order valence-electron chi connectivity index (χ4n) is 3.24. The molecule has 1 aliphatic rings. The number of amides is 1. The molecule has 7 heteroatoms. The number of nitrogens with one attached hydrogen (secondary N) is 1. The Bertz CT molecular complexity index is 978. The maximum atomic E-state index is 12.6. The number of hydrogen-bond acceptors (Lipinski definition) is 4. The third-order valence-electron chi connectivity index (χ3n) is 4.70. The van der Waals surface area contributed by atoms with Gasteiger partial charge in [0.1, 0.15) is 19.6 Å². The van der Waals surface area contributed by atoms with Crippen molar-refractivity contribution in [1.82, 2.24) is 14.5 Å². The molecule has 1 N–H and O–H groups in total. The molecule has 0 atom stereocenters. The number of aromatic nitrogens is 3. The summed E-state index contributed by atoms with van der Waals surface area (Å²) in [5.41, 5.74) is 0.468. The maximum absolute atomic E-state index is 12.6. The van der Waals surface area contributed by atoms with Gasteiger partial charge in [-0.3, -0.25) is 19.1 Å². The van der Waals surface area contributed by atoms with E-state index < -0.39 is 0 Å². The van der Waals surface area contributed by atoms with Crippen LogP contribution in [-0.2, 0) is 11.3 Å². The Morgan fingerprint density at radius 1 is 1.04 bits per heavy atom. The molecule has 0 spiro atoms. The van der Waals surface area contributed by atoms with E-state index in [1.807, 2.05) is 30.5 Å². The average molecular weight is 350 g/mol. The van der Waals surface area contributed by atoms with Gasteiger partial charge in [-0.05, 0) is 18.2 Å². The zero-order chi connectivity index (χ0) is 17.9. The first-order valence-electron chi connectivity index (χ1n) is 8.66. The van der Waals surface area contributed by atoms with Crippen molar-refractivity contribution < 1.29 is 9.78 Å². The van der Waals surface area contributed by atoms with E-state index in [2.05, 4.69) is 14.9 Å². The number of carbonyl (C=O) groups excluding carboxylic acids is 1. The first-order valence-corrected chi connectivity index (χ1v) is 8.66. The molecule has 26 heavy (non-hydrogen) atoms. The largest absolute Gasteiger partial charge is 0.333 e. The number of H-pyrrole nitrogens is 1. The van der Waals surface area contributed by atoms with Crippen LogP contribution >= 0.6 is 0 Å². The minimum absolute atomic E-state index is 0.0220. The summed E-state index contributed by atoms with van der Waals surface area (Å²) in [6.45, 7) is 2.82. The Kier molecular flexibility index (Phi) is 4.35. The van der Waals surface area contributed by atoms with Crippen LogP contribution in [0.1, 0.15) is 0 Å². The van der Waals surface area contributed by atoms with Crippen LogP contribution < -0.4 is 15.4 Å². The highest BCUT2D eigenvalue weighted by molar-refractivity contribution is 5.79. The van der Waals surface area contributed by atoms with E-state index in [9.17, 15) is 9.59 Å². The van der Waals surface area contributed by atoms with Gasteiger partial charge in [0.25, 0.3) is 11.4 Å². The molecule has 1 aliphatic heterocycles. The van der Waals surface area contributed by atoms with E-state index in [0.717, 1.165) is 18.9 Å². The molecule has 0 aliphatic carbocycles. The molecule has 0 bridgehead atoms. The number of pyridine rings is 1. The predicted molar refractivity (Wildman–Crippen MR) is 97.8 cm³/mol. The number of para-hydroxylation sites is 1. The van der Waals surface area contributed by atoms with Gasteiger partial charge in [-0.2, -0.15) is 0 Å². The quantitative estimate of drug-likeness (QED) is 0.692. The Hall–Kier alpha value is -3.22. The van der Waals surface area contributed by atoms with Crippen LogP contribution in [-0.4, -0.2) is 46.5 Å². The van der Waals surface area contributed by atoms with E-state index in [0.29, 0.717) is 24.0 Å². The van der Waals surface area contributed by atoms with Crippen molar-refractivity contribution in [3.63, 3.8) is 0 Å². The predicted octanol–water partition coefficient (Wildman–Crippen LogP) is 0.559. The van der Waals surface area contributed by atoms with E-state index in [-0.39, 0.29) is 18.0 Å². The normalized spacial score (nSPS) is 14.6. The van der Waals surface area contributed by atoms with Crippen molar-refractivity contribution in [3.05, 3.63) is 65.3 Å². The van der Waals surface area contributed by atoms with Gasteiger partial charge in [-0.25, -0.2) is 9.97 Å². The van der Waals surface area contributed by atoms with E-state index >= 15 is 0 Å². The van der Waals surface area contributed by atoms with Crippen LogP contribution in [0.5, 0.6) is 0 Å². The third-order valence-corrected chi connectivity index (χ3v) is 4.70. The summed E-state index contributed by atoms with van der Waals surface area (Å²) in [5, 5.41) is 0.534. The summed E-state index contributed by atoms with van der Waals surface area (Å²) in [4.78, 5) is 36.6. The Balaban J connectivity index is 1.43. The minimum Gasteiger partial charge on any atom is -0.333 e. The second-order valence-electron chi connectivity index (χ2n) is 6.31. The summed E-state index contributed by atoms with van der Waals surface area (Å²) in [6, 6.07) is 13.1. The molecule has 0 radical (unpaired) electrons. The van der Waals surface area contributed by atoms with Crippen LogP contribution in [0.25, 0.3) is 10.9 Å². The third kappa shape index (κ3) is 3.15. The minimum atomic E-state index is -0.179. The van der Waals surface area contributed by atoms with Gasteiger partial charge in [0.05, 0.1) is 36.5 Å². The molecule has 1 aromatic carbocycles. The van der Waals surface area contributed by atoms with Gasteiger partial charge in [-0.15, -0.1) is 0 Å². The molecule has 0 unspecified atom stereocenters. The number of anilines is 1. The van der Waals surface area contributed by atoms with Gasteiger partial charge in [-0.1, -0.05) is 18.2 Å².